The van der Waals surface area contributed by atoms with Crippen molar-refractivity contribution in [1.82, 2.24) is 15.0 Å². The van der Waals surface area contributed by atoms with Crippen LogP contribution in [0, 0.1) is 0 Å². The van der Waals surface area contributed by atoms with Crippen molar-refractivity contribution in [3.63, 3.8) is 0 Å². The smallest absolute Gasteiger partial charge is 0.118 e. The number of hydrogen-bond donors (Lipinski definition) is 1. The molecule has 1 aromatic heterocycles. The summed E-state index contributed by atoms with van der Waals surface area (Å²) in [6.45, 7) is -0.0606. The first kappa shape index (κ1) is 10.3. The Labute approximate surface area is 95.7 Å². The number of aromatic nitrogens is 3. The Bertz CT molecular complexity index is 464. The molecule has 15 heavy (non-hydrogen) atoms. The van der Waals surface area contributed by atoms with E-state index in [1.54, 1.807) is 11.7 Å². The molecule has 0 spiro atoms. The largest absolute Gasteiger partial charge is 0.390 e. The summed E-state index contributed by atoms with van der Waals surface area (Å²) in [6, 6.07) is 7.75. The third-order valence-corrected chi connectivity index (χ3v) is 2.74. The number of rotatable bonds is 2. The van der Waals surface area contributed by atoms with Gasteiger partial charge in [-0.2, -0.15) is 0 Å². The average molecular weight is 268 g/mol. The fourth-order valence-electron chi connectivity index (χ4n) is 1.39. The molecule has 0 unspecified atom stereocenters. The lowest BCUT2D eigenvalue weighted by Crippen LogP contribution is -1.98. The Hall–Kier alpha value is -1.20. The minimum absolute atomic E-state index is 0.0606. The molecule has 1 aromatic carbocycles. The van der Waals surface area contributed by atoms with Gasteiger partial charge >= 0.3 is 0 Å². The third-order valence-electron chi connectivity index (χ3n) is 2.21. The van der Waals surface area contributed by atoms with Crippen molar-refractivity contribution in [2.45, 2.75) is 6.61 Å². The van der Waals surface area contributed by atoms with Crippen LogP contribution in [-0.4, -0.2) is 20.1 Å². The van der Waals surface area contributed by atoms with Crippen LogP contribution in [-0.2, 0) is 13.7 Å². The standard InChI is InChI=1S/C10H10BrN3O/c1-14-9(6-15)10(12-13-14)7-2-4-8(11)5-3-7/h2-5,15H,6H2,1H3. The molecule has 0 bridgehead atoms. The normalized spacial score (nSPS) is 10.6. The van der Waals surface area contributed by atoms with Crippen LogP contribution in [0.5, 0.6) is 0 Å². The second-order valence-corrected chi connectivity index (χ2v) is 4.09. The number of aliphatic hydroxyl groups excluding tert-OH is 1. The SMILES string of the molecule is Cn1nnc(-c2ccc(Br)cc2)c1CO. The van der Waals surface area contributed by atoms with Crippen molar-refractivity contribution < 1.29 is 5.11 Å². The molecule has 0 atom stereocenters. The van der Waals surface area contributed by atoms with E-state index in [1.807, 2.05) is 24.3 Å². The summed E-state index contributed by atoms with van der Waals surface area (Å²) in [7, 11) is 1.76. The van der Waals surface area contributed by atoms with Gasteiger partial charge in [-0.15, -0.1) is 5.10 Å². The molecule has 0 saturated heterocycles. The molecule has 78 valence electrons. The molecule has 2 rings (SSSR count). The molecular weight excluding hydrogens is 258 g/mol. The number of aliphatic hydroxyl groups is 1. The summed E-state index contributed by atoms with van der Waals surface area (Å²) < 4.78 is 2.60. The van der Waals surface area contributed by atoms with Gasteiger partial charge in [0.15, 0.2) is 0 Å². The van der Waals surface area contributed by atoms with Gasteiger partial charge in [0, 0.05) is 17.1 Å². The van der Waals surface area contributed by atoms with Gasteiger partial charge in [-0.05, 0) is 12.1 Å². The fraction of sp³-hybridized carbons (Fsp3) is 0.200. The van der Waals surface area contributed by atoms with Crippen LogP contribution >= 0.6 is 15.9 Å². The summed E-state index contributed by atoms with van der Waals surface area (Å²) in [6.07, 6.45) is 0. The van der Waals surface area contributed by atoms with E-state index in [0.29, 0.717) is 0 Å². The van der Waals surface area contributed by atoms with E-state index in [4.69, 9.17) is 0 Å². The molecule has 0 radical (unpaired) electrons. The maximum Gasteiger partial charge on any atom is 0.118 e. The molecule has 0 amide bonds. The highest BCUT2D eigenvalue weighted by Gasteiger charge is 2.10. The van der Waals surface area contributed by atoms with Gasteiger partial charge in [0.1, 0.15) is 5.69 Å². The minimum Gasteiger partial charge on any atom is -0.390 e. The van der Waals surface area contributed by atoms with Gasteiger partial charge in [0.25, 0.3) is 0 Å². The Balaban J connectivity index is 2.49. The predicted octanol–water partition coefficient (Wildman–Crippen LogP) is 1.74. The van der Waals surface area contributed by atoms with Crippen LogP contribution < -0.4 is 0 Å². The molecule has 0 fully saturated rings. The average Bonchev–Trinajstić information content (AvgIpc) is 2.61. The van der Waals surface area contributed by atoms with Crippen LogP contribution in [0.2, 0.25) is 0 Å². The monoisotopic (exact) mass is 267 g/mol. The van der Waals surface area contributed by atoms with E-state index in [-0.39, 0.29) is 6.61 Å². The van der Waals surface area contributed by atoms with Crippen molar-refractivity contribution in [3.8, 4) is 11.3 Å². The molecular formula is C10H10BrN3O. The second-order valence-electron chi connectivity index (χ2n) is 3.17. The molecule has 4 nitrogen and oxygen atoms in total. The molecule has 0 aliphatic carbocycles. The number of aryl methyl sites for hydroxylation is 1. The number of hydrogen-bond acceptors (Lipinski definition) is 3. The fourth-order valence-corrected chi connectivity index (χ4v) is 1.65. The van der Waals surface area contributed by atoms with E-state index in [2.05, 4.69) is 26.2 Å². The second kappa shape index (κ2) is 4.12. The molecule has 1 heterocycles. The van der Waals surface area contributed by atoms with Gasteiger partial charge in [0.05, 0.1) is 12.3 Å². The summed E-state index contributed by atoms with van der Waals surface area (Å²) in [5, 5.41) is 17.1. The molecule has 2 aromatic rings. The van der Waals surface area contributed by atoms with Crippen LogP contribution in [0.4, 0.5) is 0 Å². The number of halogens is 1. The van der Waals surface area contributed by atoms with Crippen molar-refractivity contribution in [2.75, 3.05) is 0 Å². The molecule has 0 aliphatic rings. The van der Waals surface area contributed by atoms with Gasteiger partial charge in [-0.25, -0.2) is 4.68 Å². The first-order chi connectivity index (χ1) is 7.22. The van der Waals surface area contributed by atoms with Crippen molar-refractivity contribution in [3.05, 3.63) is 34.4 Å². The van der Waals surface area contributed by atoms with Gasteiger partial charge in [-0.1, -0.05) is 33.3 Å². The first-order valence-electron chi connectivity index (χ1n) is 4.47. The Kier molecular flexibility index (Phi) is 2.83. The Morgan fingerprint density at radius 1 is 1.33 bits per heavy atom. The summed E-state index contributed by atoms with van der Waals surface area (Å²) in [5.41, 5.74) is 2.40. The van der Waals surface area contributed by atoms with E-state index < -0.39 is 0 Å². The summed E-state index contributed by atoms with van der Waals surface area (Å²) >= 11 is 3.37. The van der Waals surface area contributed by atoms with E-state index in [0.717, 1.165) is 21.4 Å². The first-order valence-corrected chi connectivity index (χ1v) is 5.27. The molecule has 0 saturated carbocycles. The van der Waals surface area contributed by atoms with E-state index >= 15 is 0 Å². The molecule has 0 aliphatic heterocycles. The van der Waals surface area contributed by atoms with Gasteiger partial charge in [-0.3, -0.25) is 0 Å². The lowest BCUT2D eigenvalue weighted by atomic mass is 10.1. The topological polar surface area (TPSA) is 50.9 Å². The Morgan fingerprint density at radius 3 is 2.60 bits per heavy atom. The highest BCUT2D eigenvalue weighted by Crippen LogP contribution is 2.22. The van der Waals surface area contributed by atoms with Crippen LogP contribution in [0.15, 0.2) is 28.7 Å². The van der Waals surface area contributed by atoms with Crippen LogP contribution in [0.3, 0.4) is 0 Å². The van der Waals surface area contributed by atoms with E-state index in [1.165, 1.54) is 0 Å². The van der Waals surface area contributed by atoms with Gasteiger partial charge in [0.2, 0.25) is 0 Å². The van der Waals surface area contributed by atoms with Gasteiger partial charge < -0.3 is 5.11 Å². The number of nitrogens with zero attached hydrogens (tertiary/aromatic N) is 3. The maximum absolute atomic E-state index is 9.19. The lowest BCUT2D eigenvalue weighted by molar-refractivity contribution is 0.271. The van der Waals surface area contributed by atoms with Crippen LogP contribution in [0.25, 0.3) is 11.3 Å². The quantitative estimate of drug-likeness (QED) is 0.902. The highest BCUT2D eigenvalue weighted by molar-refractivity contribution is 9.10. The van der Waals surface area contributed by atoms with Crippen molar-refractivity contribution in [2.24, 2.45) is 7.05 Å². The van der Waals surface area contributed by atoms with Crippen molar-refractivity contribution in [1.29, 1.82) is 0 Å². The van der Waals surface area contributed by atoms with Crippen LogP contribution in [0.1, 0.15) is 5.69 Å². The lowest BCUT2D eigenvalue weighted by Gasteiger charge is -2.00. The van der Waals surface area contributed by atoms with Crippen molar-refractivity contribution >= 4 is 15.9 Å². The molecule has 5 heteroatoms. The summed E-state index contributed by atoms with van der Waals surface area (Å²) in [5.74, 6) is 0. The summed E-state index contributed by atoms with van der Waals surface area (Å²) in [4.78, 5) is 0. The number of benzene rings is 1. The zero-order chi connectivity index (χ0) is 10.8. The molecule has 1 N–H and O–H groups in total. The third kappa shape index (κ3) is 1.93. The predicted molar refractivity (Wildman–Crippen MR) is 60.1 cm³/mol. The highest BCUT2D eigenvalue weighted by atomic mass is 79.9. The zero-order valence-corrected chi connectivity index (χ0v) is 9.77. The Morgan fingerprint density at radius 2 is 2.00 bits per heavy atom. The minimum atomic E-state index is -0.0606. The zero-order valence-electron chi connectivity index (χ0n) is 8.18. The van der Waals surface area contributed by atoms with E-state index in [9.17, 15) is 5.11 Å². The maximum atomic E-state index is 9.19.